The van der Waals surface area contributed by atoms with Gasteiger partial charge in [0.2, 0.25) is 5.91 Å². The van der Waals surface area contributed by atoms with Crippen LogP contribution in [-0.4, -0.2) is 43.5 Å². The molecule has 2 aromatic carbocycles. The van der Waals surface area contributed by atoms with Crippen molar-refractivity contribution in [3.8, 4) is 11.5 Å². The molecule has 2 rings (SSSR count). The zero-order valence-electron chi connectivity index (χ0n) is 18.0. The second-order valence-corrected chi connectivity index (χ2v) is 7.33. The molecule has 0 aliphatic carbocycles. The highest BCUT2D eigenvalue weighted by molar-refractivity contribution is 6.32. The fourth-order valence-corrected chi connectivity index (χ4v) is 3.23. The Morgan fingerprint density at radius 1 is 1.13 bits per heavy atom. The molecule has 0 fully saturated rings. The second kappa shape index (κ2) is 11.5. The molecule has 0 atom stereocenters. The Kier molecular flexibility index (Phi) is 8.99. The molecule has 0 bridgehead atoms. The normalized spacial score (nSPS) is 10.4. The van der Waals surface area contributed by atoms with E-state index in [0.29, 0.717) is 41.7 Å². The van der Waals surface area contributed by atoms with Crippen molar-refractivity contribution in [1.29, 1.82) is 0 Å². The van der Waals surface area contributed by atoms with Gasteiger partial charge in [0.05, 0.1) is 18.7 Å². The number of hydrogen-bond donors (Lipinski definition) is 1. The Hall–Kier alpha value is -2.73. The molecule has 30 heavy (non-hydrogen) atoms. The second-order valence-electron chi connectivity index (χ2n) is 6.93. The summed E-state index contributed by atoms with van der Waals surface area (Å²) >= 11 is 6.35. The lowest BCUT2D eigenvalue weighted by atomic mass is 10.1. The van der Waals surface area contributed by atoms with E-state index in [1.54, 1.807) is 12.1 Å². The number of benzene rings is 2. The summed E-state index contributed by atoms with van der Waals surface area (Å²) in [4.78, 5) is 27.2. The number of anilines is 1. The molecule has 0 aromatic heterocycles. The van der Waals surface area contributed by atoms with Gasteiger partial charge in [-0.3, -0.25) is 9.59 Å². The molecule has 6 nitrogen and oxygen atoms in total. The van der Waals surface area contributed by atoms with Gasteiger partial charge in [-0.2, -0.15) is 0 Å². The fourth-order valence-electron chi connectivity index (χ4n) is 2.97. The van der Waals surface area contributed by atoms with Crippen LogP contribution in [0.3, 0.4) is 0 Å². The molecule has 2 amide bonds. The fraction of sp³-hybridized carbons (Fsp3) is 0.391. The van der Waals surface area contributed by atoms with E-state index in [4.69, 9.17) is 21.1 Å². The largest absolute Gasteiger partial charge is 0.493 e. The first kappa shape index (κ1) is 23.5. The predicted octanol–water partition coefficient (Wildman–Crippen LogP) is 4.94. The maximum absolute atomic E-state index is 13.1. The van der Waals surface area contributed by atoms with Crippen LogP contribution in [0.5, 0.6) is 11.5 Å². The number of carbonyl (C=O) groups is 2. The standard InChI is InChI=1S/C23H29ClN2O4/c1-5-11-26(15-21(27)25-19-10-8-7-9-16(19)3)23(28)17-13-18(24)22(30-12-6-2)20(14-17)29-4/h7-10,13-14H,5-6,11-12,15H2,1-4H3,(H,25,27). The van der Waals surface area contributed by atoms with E-state index in [9.17, 15) is 9.59 Å². The van der Waals surface area contributed by atoms with Crippen molar-refractivity contribution >= 4 is 29.1 Å². The quantitative estimate of drug-likeness (QED) is 0.577. The van der Waals surface area contributed by atoms with Gasteiger partial charge in [0.1, 0.15) is 6.54 Å². The van der Waals surface area contributed by atoms with Gasteiger partial charge in [-0.15, -0.1) is 0 Å². The predicted molar refractivity (Wildman–Crippen MR) is 120 cm³/mol. The van der Waals surface area contributed by atoms with Crippen LogP contribution in [0.25, 0.3) is 0 Å². The lowest BCUT2D eigenvalue weighted by Gasteiger charge is -2.23. The Morgan fingerprint density at radius 2 is 1.87 bits per heavy atom. The SMILES string of the molecule is CCCOc1c(Cl)cc(C(=O)N(CCC)CC(=O)Nc2ccccc2C)cc1OC. The highest BCUT2D eigenvalue weighted by atomic mass is 35.5. The summed E-state index contributed by atoms with van der Waals surface area (Å²) in [6, 6.07) is 10.7. The number of aryl methyl sites for hydroxylation is 1. The molecule has 0 aliphatic rings. The summed E-state index contributed by atoms with van der Waals surface area (Å²) in [6.45, 7) is 6.73. The number of ether oxygens (including phenoxy) is 2. The van der Waals surface area contributed by atoms with E-state index in [0.717, 1.165) is 17.7 Å². The van der Waals surface area contributed by atoms with Crippen molar-refractivity contribution in [3.05, 3.63) is 52.5 Å². The van der Waals surface area contributed by atoms with Crippen LogP contribution in [0.2, 0.25) is 5.02 Å². The molecule has 0 saturated carbocycles. The molecular weight excluding hydrogens is 404 g/mol. The maximum atomic E-state index is 13.1. The van der Waals surface area contributed by atoms with Gasteiger partial charge < -0.3 is 19.7 Å². The average Bonchev–Trinajstić information content (AvgIpc) is 2.73. The average molecular weight is 433 g/mol. The number of carbonyl (C=O) groups excluding carboxylic acids is 2. The third kappa shape index (κ3) is 6.13. The van der Waals surface area contributed by atoms with Gasteiger partial charge >= 0.3 is 0 Å². The van der Waals surface area contributed by atoms with E-state index in [1.807, 2.05) is 45.0 Å². The van der Waals surface area contributed by atoms with Gasteiger partial charge in [0.15, 0.2) is 11.5 Å². The summed E-state index contributed by atoms with van der Waals surface area (Å²) in [5.74, 6) is 0.253. The number of rotatable bonds is 10. The summed E-state index contributed by atoms with van der Waals surface area (Å²) in [5, 5.41) is 3.17. The van der Waals surface area contributed by atoms with E-state index in [1.165, 1.54) is 12.0 Å². The van der Waals surface area contributed by atoms with Gasteiger partial charge in [0.25, 0.3) is 5.91 Å². The number of hydrogen-bond acceptors (Lipinski definition) is 4. The summed E-state index contributed by atoms with van der Waals surface area (Å²) < 4.78 is 11.0. The van der Waals surface area contributed by atoms with E-state index >= 15 is 0 Å². The molecule has 0 unspecified atom stereocenters. The van der Waals surface area contributed by atoms with Crippen molar-refractivity contribution < 1.29 is 19.1 Å². The third-order valence-electron chi connectivity index (χ3n) is 4.46. The van der Waals surface area contributed by atoms with Crippen molar-refractivity contribution in [2.75, 3.05) is 32.1 Å². The molecule has 7 heteroatoms. The highest BCUT2D eigenvalue weighted by Gasteiger charge is 2.22. The summed E-state index contributed by atoms with van der Waals surface area (Å²) in [5.41, 5.74) is 2.03. The number of halogens is 1. The Bertz CT molecular complexity index is 886. The molecular formula is C23H29ClN2O4. The Morgan fingerprint density at radius 3 is 2.50 bits per heavy atom. The van der Waals surface area contributed by atoms with Crippen LogP contribution in [0.15, 0.2) is 36.4 Å². The summed E-state index contributed by atoms with van der Waals surface area (Å²) in [6.07, 6.45) is 1.53. The zero-order valence-corrected chi connectivity index (χ0v) is 18.7. The molecule has 0 heterocycles. The molecule has 162 valence electrons. The molecule has 2 aromatic rings. The number of amides is 2. The number of para-hydroxylation sites is 1. The van der Waals surface area contributed by atoms with Gasteiger partial charge in [-0.25, -0.2) is 0 Å². The monoisotopic (exact) mass is 432 g/mol. The smallest absolute Gasteiger partial charge is 0.254 e. The molecule has 1 N–H and O–H groups in total. The molecule has 0 spiro atoms. The van der Waals surface area contributed by atoms with Crippen LogP contribution in [-0.2, 0) is 4.79 Å². The highest BCUT2D eigenvalue weighted by Crippen LogP contribution is 2.36. The minimum atomic E-state index is -0.293. The first-order valence-electron chi connectivity index (χ1n) is 10.1. The van der Waals surface area contributed by atoms with Gasteiger partial charge in [-0.05, 0) is 43.5 Å². The van der Waals surface area contributed by atoms with Crippen molar-refractivity contribution in [3.63, 3.8) is 0 Å². The zero-order chi connectivity index (χ0) is 22.1. The third-order valence-corrected chi connectivity index (χ3v) is 4.74. The topological polar surface area (TPSA) is 67.9 Å². The van der Waals surface area contributed by atoms with Crippen molar-refractivity contribution in [2.24, 2.45) is 0 Å². The number of nitrogens with one attached hydrogen (secondary N) is 1. The molecule has 0 saturated heterocycles. The lowest BCUT2D eigenvalue weighted by Crippen LogP contribution is -2.38. The molecule has 0 aliphatic heterocycles. The van der Waals surface area contributed by atoms with E-state index in [-0.39, 0.29) is 18.4 Å². The minimum Gasteiger partial charge on any atom is -0.493 e. The van der Waals surface area contributed by atoms with Gasteiger partial charge in [0, 0.05) is 17.8 Å². The van der Waals surface area contributed by atoms with Gasteiger partial charge in [-0.1, -0.05) is 43.6 Å². The van der Waals surface area contributed by atoms with E-state index in [2.05, 4.69) is 5.32 Å². The molecule has 0 radical (unpaired) electrons. The van der Waals surface area contributed by atoms with Crippen molar-refractivity contribution in [1.82, 2.24) is 4.90 Å². The first-order chi connectivity index (χ1) is 14.4. The van der Waals surface area contributed by atoms with Crippen LogP contribution in [0.1, 0.15) is 42.6 Å². The van der Waals surface area contributed by atoms with Crippen LogP contribution < -0.4 is 14.8 Å². The van der Waals surface area contributed by atoms with Crippen LogP contribution in [0.4, 0.5) is 5.69 Å². The first-order valence-corrected chi connectivity index (χ1v) is 10.4. The number of nitrogens with zero attached hydrogens (tertiary/aromatic N) is 1. The van der Waals surface area contributed by atoms with E-state index < -0.39 is 0 Å². The number of methoxy groups -OCH3 is 1. The van der Waals surface area contributed by atoms with Crippen molar-refractivity contribution in [2.45, 2.75) is 33.6 Å². The minimum absolute atomic E-state index is 0.0605. The summed E-state index contributed by atoms with van der Waals surface area (Å²) in [7, 11) is 1.50. The van der Waals surface area contributed by atoms with Crippen LogP contribution in [0, 0.1) is 6.92 Å². The Labute approximate surface area is 183 Å². The van der Waals surface area contributed by atoms with Crippen LogP contribution >= 0.6 is 11.6 Å². The Balaban J connectivity index is 2.20. The maximum Gasteiger partial charge on any atom is 0.254 e. The lowest BCUT2D eigenvalue weighted by molar-refractivity contribution is -0.116.